The summed E-state index contributed by atoms with van der Waals surface area (Å²) in [4.78, 5) is 14.7. The van der Waals surface area contributed by atoms with Crippen LogP contribution in [0.4, 0.5) is 4.39 Å². The van der Waals surface area contributed by atoms with E-state index in [4.69, 9.17) is 16.7 Å². The van der Waals surface area contributed by atoms with Crippen LogP contribution < -0.4 is 0 Å². The zero-order chi connectivity index (χ0) is 13.1. The summed E-state index contributed by atoms with van der Waals surface area (Å²) in [5.41, 5.74) is 0.855. The van der Waals surface area contributed by atoms with Gasteiger partial charge < -0.3 is 5.11 Å². The highest BCUT2D eigenvalue weighted by Crippen LogP contribution is 2.28. The second-order valence-corrected chi connectivity index (χ2v) is 4.09. The Morgan fingerprint density at radius 1 is 1.28 bits per heavy atom. The van der Waals surface area contributed by atoms with Gasteiger partial charge in [-0.2, -0.15) is 0 Å². The molecule has 92 valence electrons. The maximum absolute atomic E-state index is 13.6. The quantitative estimate of drug-likeness (QED) is 0.927. The molecule has 0 unspecified atom stereocenters. The van der Waals surface area contributed by atoms with Gasteiger partial charge in [0, 0.05) is 5.56 Å². The van der Waals surface area contributed by atoms with Crippen molar-refractivity contribution in [2.45, 2.75) is 6.42 Å². The molecule has 1 N–H and O–H groups in total. The molecule has 1 heterocycles. The molecule has 0 radical (unpaired) electrons. The van der Waals surface area contributed by atoms with E-state index in [-0.39, 0.29) is 22.7 Å². The number of hydrogen-bond donors (Lipinski definition) is 1. The maximum atomic E-state index is 13.6. The Bertz CT molecular complexity index is 601. The first kappa shape index (κ1) is 12.5. The van der Waals surface area contributed by atoms with Crippen molar-refractivity contribution in [3.8, 4) is 11.3 Å². The van der Waals surface area contributed by atoms with Crippen LogP contribution in [0.1, 0.15) is 5.69 Å². The number of aliphatic carboxylic acids is 1. The topological polar surface area (TPSA) is 50.2 Å². The zero-order valence-electron chi connectivity index (χ0n) is 9.23. The summed E-state index contributed by atoms with van der Waals surface area (Å²) < 4.78 is 13.6. The van der Waals surface area contributed by atoms with E-state index in [2.05, 4.69) is 4.98 Å². The summed E-state index contributed by atoms with van der Waals surface area (Å²) in [5, 5.41) is 8.99. The van der Waals surface area contributed by atoms with Gasteiger partial charge in [-0.15, -0.1) is 0 Å². The highest BCUT2D eigenvalue weighted by Gasteiger charge is 2.12. The van der Waals surface area contributed by atoms with Crippen molar-refractivity contribution < 1.29 is 14.3 Å². The van der Waals surface area contributed by atoms with Crippen LogP contribution in [0.2, 0.25) is 5.02 Å². The Kier molecular flexibility index (Phi) is 3.58. The standard InChI is InChI=1S/C13H9ClFNO2/c14-10-6-5-8(7-12(17)18)16-13(10)9-3-1-2-4-11(9)15/h1-6H,7H2,(H,17,18). The van der Waals surface area contributed by atoms with E-state index in [9.17, 15) is 9.18 Å². The predicted octanol–water partition coefficient (Wildman–Crippen LogP) is 3.17. The lowest BCUT2D eigenvalue weighted by Crippen LogP contribution is -2.03. The number of carboxylic acid groups (broad SMARTS) is 1. The normalized spacial score (nSPS) is 10.3. The Balaban J connectivity index is 2.50. The highest BCUT2D eigenvalue weighted by molar-refractivity contribution is 6.33. The molecule has 0 saturated heterocycles. The third-order valence-electron chi connectivity index (χ3n) is 2.37. The van der Waals surface area contributed by atoms with Crippen molar-refractivity contribution in [3.05, 3.63) is 52.9 Å². The molecular weight excluding hydrogens is 257 g/mol. The van der Waals surface area contributed by atoms with Crippen molar-refractivity contribution in [2.75, 3.05) is 0 Å². The number of carbonyl (C=O) groups is 1. The molecular formula is C13H9ClFNO2. The maximum Gasteiger partial charge on any atom is 0.309 e. The van der Waals surface area contributed by atoms with Crippen molar-refractivity contribution in [3.63, 3.8) is 0 Å². The van der Waals surface area contributed by atoms with E-state index in [1.54, 1.807) is 18.2 Å². The number of rotatable bonds is 3. The molecule has 0 spiro atoms. The SMILES string of the molecule is O=C(O)Cc1ccc(Cl)c(-c2ccccc2F)n1. The molecule has 0 aliphatic rings. The molecule has 5 heteroatoms. The van der Waals surface area contributed by atoms with Crippen LogP contribution in [-0.4, -0.2) is 16.1 Å². The molecule has 1 aromatic carbocycles. The van der Waals surface area contributed by atoms with Gasteiger partial charge >= 0.3 is 5.97 Å². The Labute approximate surface area is 108 Å². The fraction of sp³-hybridized carbons (Fsp3) is 0.0769. The van der Waals surface area contributed by atoms with Crippen molar-refractivity contribution >= 4 is 17.6 Å². The van der Waals surface area contributed by atoms with E-state index >= 15 is 0 Å². The van der Waals surface area contributed by atoms with Gasteiger partial charge in [-0.25, -0.2) is 4.39 Å². The molecule has 0 saturated carbocycles. The largest absolute Gasteiger partial charge is 0.481 e. The second-order valence-electron chi connectivity index (χ2n) is 3.68. The molecule has 3 nitrogen and oxygen atoms in total. The van der Waals surface area contributed by atoms with Crippen LogP contribution in [0.25, 0.3) is 11.3 Å². The number of pyridine rings is 1. The summed E-state index contributed by atoms with van der Waals surface area (Å²) >= 11 is 5.96. The molecule has 0 aliphatic heterocycles. The van der Waals surface area contributed by atoms with E-state index in [1.165, 1.54) is 18.2 Å². The molecule has 1 aromatic heterocycles. The second kappa shape index (κ2) is 5.14. The van der Waals surface area contributed by atoms with E-state index in [0.29, 0.717) is 5.69 Å². The van der Waals surface area contributed by atoms with Crippen molar-refractivity contribution in [1.29, 1.82) is 0 Å². The smallest absolute Gasteiger partial charge is 0.309 e. The third-order valence-corrected chi connectivity index (χ3v) is 2.67. The fourth-order valence-corrected chi connectivity index (χ4v) is 1.79. The minimum absolute atomic E-state index is 0.224. The van der Waals surface area contributed by atoms with Crippen LogP contribution in [0.5, 0.6) is 0 Å². The van der Waals surface area contributed by atoms with Gasteiger partial charge in [0.15, 0.2) is 0 Å². The number of carboxylic acids is 1. The van der Waals surface area contributed by atoms with Crippen molar-refractivity contribution in [2.24, 2.45) is 0 Å². The monoisotopic (exact) mass is 265 g/mol. The Hall–Kier alpha value is -1.94. The Morgan fingerprint density at radius 3 is 2.67 bits per heavy atom. The molecule has 2 aromatic rings. The molecule has 0 fully saturated rings. The van der Waals surface area contributed by atoms with Crippen LogP contribution in [0.15, 0.2) is 36.4 Å². The average Bonchev–Trinajstić information content (AvgIpc) is 2.32. The molecule has 0 aliphatic carbocycles. The van der Waals surface area contributed by atoms with Gasteiger partial charge in [0.2, 0.25) is 0 Å². The minimum Gasteiger partial charge on any atom is -0.481 e. The van der Waals surface area contributed by atoms with Crippen molar-refractivity contribution in [1.82, 2.24) is 4.98 Å². The number of hydrogen-bond acceptors (Lipinski definition) is 2. The number of aromatic nitrogens is 1. The fourth-order valence-electron chi connectivity index (χ4n) is 1.58. The minimum atomic E-state index is -0.996. The van der Waals surface area contributed by atoms with E-state index < -0.39 is 11.8 Å². The summed E-state index contributed by atoms with van der Waals surface area (Å²) in [5.74, 6) is -1.44. The number of halogens is 2. The average molecular weight is 266 g/mol. The Morgan fingerprint density at radius 2 is 2.00 bits per heavy atom. The lowest BCUT2D eigenvalue weighted by Gasteiger charge is -2.06. The number of nitrogens with zero attached hydrogens (tertiary/aromatic N) is 1. The number of benzene rings is 1. The molecule has 0 atom stereocenters. The van der Waals surface area contributed by atoms with Gasteiger partial charge in [-0.1, -0.05) is 23.7 Å². The van der Waals surface area contributed by atoms with Gasteiger partial charge in [0.1, 0.15) is 5.82 Å². The van der Waals surface area contributed by atoms with E-state index in [0.717, 1.165) is 0 Å². The molecule has 18 heavy (non-hydrogen) atoms. The molecule has 0 bridgehead atoms. The zero-order valence-corrected chi connectivity index (χ0v) is 9.99. The first-order valence-electron chi connectivity index (χ1n) is 5.20. The summed E-state index contributed by atoms with van der Waals surface area (Å²) in [6, 6.07) is 9.12. The third kappa shape index (κ3) is 2.65. The van der Waals surface area contributed by atoms with Crippen LogP contribution >= 0.6 is 11.6 Å². The van der Waals surface area contributed by atoms with Gasteiger partial charge in [-0.05, 0) is 24.3 Å². The van der Waals surface area contributed by atoms with Gasteiger partial charge in [-0.3, -0.25) is 9.78 Å². The molecule has 2 rings (SSSR count). The van der Waals surface area contributed by atoms with Crippen LogP contribution in [0.3, 0.4) is 0 Å². The summed E-state index contributed by atoms with van der Waals surface area (Å²) in [6.07, 6.45) is -0.224. The van der Waals surface area contributed by atoms with Gasteiger partial charge in [0.25, 0.3) is 0 Å². The first-order chi connectivity index (χ1) is 8.58. The predicted molar refractivity (Wildman–Crippen MR) is 66.0 cm³/mol. The summed E-state index contributed by atoms with van der Waals surface area (Å²) in [7, 11) is 0. The lowest BCUT2D eigenvalue weighted by molar-refractivity contribution is -0.136. The van der Waals surface area contributed by atoms with Crippen LogP contribution in [-0.2, 0) is 11.2 Å². The van der Waals surface area contributed by atoms with Gasteiger partial charge in [0.05, 0.1) is 22.8 Å². The summed E-state index contributed by atoms with van der Waals surface area (Å²) in [6.45, 7) is 0. The molecule has 0 amide bonds. The highest BCUT2D eigenvalue weighted by atomic mass is 35.5. The van der Waals surface area contributed by atoms with Crippen LogP contribution in [0, 0.1) is 5.82 Å². The van der Waals surface area contributed by atoms with E-state index in [1.807, 2.05) is 0 Å². The first-order valence-corrected chi connectivity index (χ1v) is 5.58. The lowest BCUT2D eigenvalue weighted by atomic mass is 10.1.